The molecular formula is C26H21N3O4. The summed E-state index contributed by atoms with van der Waals surface area (Å²) in [6.45, 7) is 1.45. The average molecular weight is 439 g/mol. The Hall–Kier alpha value is -3.52. The molecule has 2 aliphatic heterocycles. The zero-order valence-electron chi connectivity index (χ0n) is 17.8. The van der Waals surface area contributed by atoms with E-state index in [0.717, 1.165) is 54.4 Å². The first-order chi connectivity index (χ1) is 16.0. The number of fused-ring (bicyclic) bond motifs is 13. The lowest BCUT2D eigenvalue weighted by Gasteiger charge is -2.38. The monoisotopic (exact) mass is 439 g/mol. The van der Waals surface area contributed by atoms with Gasteiger partial charge in [-0.05, 0) is 19.1 Å². The number of aromatic hydroxyl groups is 1. The van der Waals surface area contributed by atoms with E-state index in [1.807, 2.05) is 49.5 Å². The summed E-state index contributed by atoms with van der Waals surface area (Å²) in [5, 5.41) is 38.7. The van der Waals surface area contributed by atoms with Gasteiger partial charge < -0.3 is 34.2 Å². The molecule has 2 bridgehead atoms. The van der Waals surface area contributed by atoms with Gasteiger partial charge in [-0.15, -0.1) is 0 Å². The third kappa shape index (κ3) is 1.73. The normalized spacial score (nSPS) is 26.6. The number of aromatic amines is 1. The molecule has 1 saturated heterocycles. The van der Waals surface area contributed by atoms with Gasteiger partial charge in [0, 0.05) is 39.5 Å². The van der Waals surface area contributed by atoms with Crippen LogP contribution in [0.4, 0.5) is 0 Å². The minimum absolute atomic E-state index is 0.139. The number of H-pyrrole nitrogens is 1. The van der Waals surface area contributed by atoms with Crippen LogP contribution in [0.5, 0.6) is 5.88 Å². The topological polar surface area (TPSA) is 95.6 Å². The number of rotatable bonds is 1. The molecule has 3 atom stereocenters. The van der Waals surface area contributed by atoms with E-state index >= 15 is 0 Å². The maximum Gasteiger partial charge on any atom is 0.197 e. The molecule has 0 amide bonds. The summed E-state index contributed by atoms with van der Waals surface area (Å²) in [6.07, 6.45) is 1.63. The van der Waals surface area contributed by atoms with Crippen molar-refractivity contribution in [3.05, 3.63) is 54.7 Å². The second-order valence-corrected chi connectivity index (χ2v) is 9.56. The van der Waals surface area contributed by atoms with Crippen molar-refractivity contribution in [3.63, 3.8) is 0 Å². The third-order valence-corrected chi connectivity index (χ3v) is 8.11. The minimum Gasteiger partial charge on any atom is -0.494 e. The average Bonchev–Trinajstić information content (AvgIpc) is 3.51. The number of ether oxygens (including phenoxy) is 1. The molecule has 0 saturated carbocycles. The Labute approximate surface area is 187 Å². The van der Waals surface area contributed by atoms with Crippen LogP contribution in [0.15, 0.2) is 54.7 Å². The number of para-hydroxylation sites is 2. The molecule has 3 aromatic carbocycles. The van der Waals surface area contributed by atoms with Crippen LogP contribution in [0.25, 0.3) is 54.4 Å². The summed E-state index contributed by atoms with van der Waals surface area (Å²) in [5.74, 6) is 0.139. The number of aliphatic hydroxyl groups is 2. The van der Waals surface area contributed by atoms with Gasteiger partial charge in [0.1, 0.15) is 11.8 Å². The van der Waals surface area contributed by atoms with E-state index in [1.165, 1.54) is 0 Å². The van der Waals surface area contributed by atoms with Crippen molar-refractivity contribution in [2.24, 2.45) is 0 Å². The molecule has 0 spiro atoms. The second-order valence-electron chi connectivity index (χ2n) is 9.56. The van der Waals surface area contributed by atoms with E-state index < -0.39 is 24.2 Å². The smallest absolute Gasteiger partial charge is 0.197 e. The van der Waals surface area contributed by atoms with Crippen molar-refractivity contribution in [3.8, 4) is 5.88 Å². The Morgan fingerprint density at radius 1 is 0.970 bits per heavy atom. The van der Waals surface area contributed by atoms with Gasteiger partial charge in [-0.3, -0.25) is 0 Å². The van der Waals surface area contributed by atoms with E-state index in [0.29, 0.717) is 0 Å². The zero-order chi connectivity index (χ0) is 22.3. The zero-order valence-corrected chi connectivity index (χ0v) is 17.8. The van der Waals surface area contributed by atoms with Gasteiger partial charge in [0.15, 0.2) is 11.6 Å². The SMILES string of the molecule is C[C@]12OC(C[C@]1(O)CO)n1c3ccccc3c3c4c(O)[nH]cc4c4c5ccccc5n2c4c31. The lowest BCUT2D eigenvalue weighted by molar-refractivity contribution is -0.189. The highest BCUT2D eigenvalue weighted by molar-refractivity contribution is 6.37. The van der Waals surface area contributed by atoms with Crippen LogP contribution in [-0.2, 0) is 10.5 Å². The summed E-state index contributed by atoms with van der Waals surface area (Å²) < 4.78 is 10.9. The highest BCUT2D eigenvalue weighted by Crippen LogP contribution is 2.57. The Morgan fingerprint density at radius 2 is 1.67 bits per heavy atom. The van der Waals surface area contributed by atoms with Gasteiger partial charge in [0.25, 0.3) is 0 Å². The molecule has 33 heavy (non-hydrogen) atoms. The molecule has 7 heteroatoms. The van der Waals surface area contributed by atoms with E-state index in [4.69, 9.17) is 4.74 Å². The summed E-state index contributed by atoms with van der Waals surface area (Å²) in [7, 11) is 0. The third-order valence-electron chi connectivity index (χ3n) is 8.11. The summed E-state index contributed by atoms with van der Waals surface area (Å²) in [4.78, 5) is 3.04. The second kappa shape index (κ2) is 5.34. The van der Waals surface area contributed by atoms with Crippen LogP contribution in [0.2, 0.25) is 0 Å². The number of aliphatic hydroxyl groups excluding tert-OH is 1. The number of benzene rings is 3. The molecule has 6 aromatic rings. The van der Waals surface area contributed by atoms with Crippen LogP contribution in [0.3, 0.4) is 0 Å². The van der Waals surface area contributed by atoms with Crippen LogP contribution in [0.1, 0.15) is 19.6 Å². The quantitative estimate of drug-likeness (QED) is 0.305. The molecule has 2 aliphatic rings. The predicted molar refractivity (Wildman–Crippen MR) is 126 cm³/mol. The van der Waals surface area contributed by atoms with Crippen LogP contribution in [0, 0.1) is 0 Å². The van der Waals surface area contributed by atoms with Crippen molar-refractivity contribution in [1.82, 2.24) is 14.1 Å². The van der Waals surface area contributed by atoms with Gasteiger partial charge in [-0.2, -0.15) is 0 Å². The fourth-order valence-corrected chi connectivity index (χ4v) is 6.60. The van der Waals surface area contributed by atoms with E-state index in [-0.39, 0.29) is 12.3 Å². The maximum absolute atomic E-state index is 11.7. The fourth-order valence-electron chi connectivity index (χ4n) is 6.60. The maximum atomic E-state index is 11.7. The highest BCUT2D eigenvalue weighted by Gasteiger charge is 2.60. The van der Waals surface area contributed by atoms with Crippen LogP contribution < -0.4 is 0 Å². The van der Waals surface area contributed by atoms with Crippen molar-refractivity contribution in [1.29, 1.82) is 0 Å². The number of hydrogen-bond donors (Lipinski definition) is 4. The Balaban J connectivity index is 1.81. The number of nitrogens with zero attached hydrogens (tertiary/aromatic N) is 2. The largest absolute Gasteiger partial charge is 0.494 e. The van der Waals surface area contributed by atoms with E-state index in [9.17, 15) is 15.3 Å². The van der Waals surface area contributed by atoms with Gasteiger partial charge >= 0.3 is 0 Å². The number of aromatic nitrogens is 3. The number of nitrogens with one attached hydrogen (secondary N) is 1. The van der Waals surface area contributed by atoms with Crippen LogP contribution in [-0.4, -0.2) is 41.6 Å². The molecule has 164 valence electrons. The molecule has 1 unspecified atom stereocenters. The molecule has 0 radical (unpaired) electrons. The molecule has 4 N–H and O–H groups in total. The van der Waals surface area contributed by atoms with Gasteiger partial charge in [-0.1, -0.05) is 36.4 Å². The molecular weight excluding hydrogens is 418 g/mol. The molecule has 8 rings (SSSR count). The molecule has 5 heterocycles. The van der Waals surface area contributed by atoms with Crippen molar-refractivity contribution in [2.45, 2.75) is 30.9 Å². The molecule has 7 nitrogen and oxygen atoms in total. The van der Waals surface area contributed by atoms with Crippen molar-refractivity contribution in [2.75, 3.05) is 6.61 Å². The number of hydrogen-bond acceptors (Lipinski definition) is 4. The first-order valence-electron chi connectivity index (χ1n) is 11.2. The van der Waals surface area contributed by atoms with Gasteiger partial charge in [-0.25, -0.2) is 0 Å². The summed E-state index contributed by atoms with van der Waals surface area (Å²) in [6, 6.07) is 16.2. The van der Waals surface area contributed by atoms with Crippen molar-refractivity contribution >= 4 is 54.4 Å². The van der Waals surface area contributed by atoms with Crippen LogP contribution >= 0.6 is 0 Å². The Morgan fingerprint density at radius 3 is 2.42 bits per heavy atom. The predicted octanol–water partition coefficient (Wildman–Crippen LogP) is 4.42. The summed E-state index contributed by atoms with van der Waals surface area (Å²) >= 11 is 0. The molecule has 0 aliphatic carbocycles. The lowest BCUT2D eigenvalue weighted by atomic mass is 9.90. The summed E-state index contributed by atoms with van der Waals surface area (Å²) in [5.41, 5.74) is 1.12. The van der Waals surface area contributed by atoms with Gasteiger partial charge in [0.2, 0.25) is 0 Å². The van der Waals surface area contributed by atoms with E-state index in [2.05, 4.69) is 26.3 Å². The Kier molecular flexibility index (Phi) is 2.91. The first-order valence-corrected chi connectivity index (χ1v) is 11.2. The van der Waals surface area contributed by atoms with E-state index in [1.54, 1.807) is 0 Å². The highest BCUT2D eigenvalue weighted by atomic mass is 16.6. The lowest BCUT2D eigenvalue weighted by Crippen LogP contribution is -2.52. The first kappa shape index (κ1) is 18.0. The molecule has 1 fully saturated rings. The van der Waals surface area contributed by atoms with Crippen molar-refractivity contribution < 1.29 is 20.1 Å². The van der Waals surface area contributed by atoms with Gasteiger partial charge in [0.05, 0.1) is 34.1 Å². The standard InChI is InChI=1S/C26H21N3O4/c1-25-26(32,12-30)10-18(33-25)28-16-8-4-2-6-13(16)20-21-15(11-27-24(21)31)19-14-7-3-5-9-17(14)29(25)23(19)22(20)28/h2-9,11,18,27,30-32H,10,12H2,1H3/t18?,25-,26-/m0/s1. The fraction of sp³-hybridized carbons (Fsp3) is 0.231. The Bertz CT molecular complexity index is 1830. The minimum atomic E-state index is -1.48. The molecule has 3 aromatic heterocycles.